The van der Waals surface area contributed by atoms with Crippen molar-refractivity contribution in [1.29, 1.82) is 0 Å². The first kappa shape index (κ1) is 15.6. The molecular weight excluding hydrogens is 290 g/mol. The van der Waals surface area contributed by atoms with Gasteiger partial charge in [-0.15, -0.1) is 0 Å². The van der Waals surface area contributed by atoms with E-state index in [0.29, 0.717) is 5.56 Å². The summed E-state index contributed by atoms with van der Waals surface area (Å²) in [6.07, 6.45) is 0.259. The van der Waals surface area contributed by atoms with Crippen LogP contribution in [0.5, 0.6) is 0 Å². The minimum absolute atomic E-state index is 0.0324. The standard InChI is InChI=1S/C16H14F2N2O2/c17-13-8-5-12(6-9-13)16(22)20-19-15(21)10-7-11-3-1-2-4-14(11)18/h1-6,8-9H,7,10H2,(H,19,21)(H,20,22). The molecule has 2 amide bonds. The fraction of sp³-hybridized carbons (Fsp3) is 0.125. The van der Waals surface area contributed by atoms with Gasteiger partial charge in [-0.2, -0.15) is 0 Å². The van der Waals surface area contributed by atoms with E-state index >= 15 is 0 Å². The highest BCUT2D eigenvalue weighted by Crippen LogP contribution is 2.08. The van der Waals surface area contributed by atoms with E-state index < -0.39 is 17.6 Å². The quantitative estimate of drug-likeness (QED) is 0.852. The molecule has 2 rings (SSSR count). The number of carbonyl (C=O) groups is 2. The molecule has 0 heterocycles. The Labute approximate surface area is 126 Å². The molecular formula is C16H14F2N2O2. The van der Waals surface area contributed by atoms with Crippen LogP contribution in [0.3, 0.4) is 0 Å². The van der Waals surface area contributed by atoms with Crippen molar-refractivity contribution in [3.05, 3.63) is 71.3 Å². The number of nitrogens with one attached hydrogen (secondary N) is 2. The Balaban J connectivity index is 1.79. The second-order valence-corrected chi connectivity index (χ2v) is 4.60. The van der Waals surface area contributed by atoms with Crippen LogP contribution in [0.4, 0.5) is 8.78 Å². The molecule has 2 aromatic rings. The first-order valence-corrected chi connectivity index (χ1v) is 6.64. The van der Waals surface area contributed by atoms with E-state index in [0.717, 1.165) is 12.1 Å². The minimum Gasteiger partial charge on any atom is -0.273 e. The number of aryl methyl sites for hydroxylation is 1. The average Bonchev–Trinajstić information content (AvgIpc) is 2.52. The molecule has 0 unspecified atom stereocenters. The van der Waals surface area contributed by atoms with Crippen molar-refractivity contribution in [2.45, 2.75) is 12.8 Å². The van der Waals surface area contributed by atoms with Gasteiger partial charge in [-0.3, -0.25) is 20.4 Å². The SMILES string of the molecule is O=C(CCc1ccccc1F)NNC(=O)c1ccc(F)cc1. The number of hydrogen-bond donors (Lipinski definition) is 2. The number of hydrogen-bond acceptors (Lipinski definition) is 2. The summed E-state index contributed by atoms with van der Waals surface area (Å²) in [5.41, 5.74) is 5.10. The van der Waals surface area contributed by atoms with Crippen molar-refractivity contribution in [2.75, 3.05) is 0 Å². The topological polar surface area (TPSA) is 58.2 Å². The molecule has 22 heavy (non-hydrogen) atoms. The summed E-state index contributed by atoms with van der Waals surface area (Å²) in [6, 6.07) is 11.1. The minimum atomic E-state index is -0.556. The zero-order chi connectivity index (χ0) is 15.9. The van der Waals surface area contributed by atoms with E-state index in [9.17, 15) is 18.4 Å². The van der Waals surface area contributed by atoms with Gasteiger partial charge in [0.25, 0.3) is 5.91 Å². The molecule has 114 valence electrons. The lowest BCUT2D eigenvalue weighted by Crippen LogP contribution is -2.41. The van der Waals surface area contributed by atoms with E-state index in [-0.39, 0.29) is 24.2 Å². The van der Waals surface area contributed by atoms with Crippen molar-refractivity contribution in [3.8, 4) is 0 Å². The molecule has 4 nitrogen and oxygen atoms in total. The lowest BCUT2D eigenvalue weighted by atomic mass is 10.1. The molecule has 0 saturated heterocycles. The predicted molar refractivity (Wildman–Crippen MR) is 76.7 cm³/mol. The number of benzene rings is 2. The molecule has 0 spiro atoms. The Bertz CT molecular complexity index is 672. The number of amides is 2. The van der Waals surface area contributed by atoms with Crippen molar-refractivity contribution in [2.24, 2.45) is 0 Å². The third-order valence-corrected chi connectivity index (χ3v) is 3.00. The van der Waals surface area contributed by atoms with Gasteiger partial charge < -0.3 is 0 Å². The number of rotatable bonds is 4. The van der Waals surface area contributed by atoms with Crippen LogP contribution in [-0.4, -0.2) is 11.8 Å². The van der Waals surface area contributed by atoms with Gasteiger partial charge in [0.05, 0.1) is 0 Å². The normalized spacial score (nSPS) is 10.1. The zero-order valence-electron chi connectivity index (χ0n) is 11.6. The zero-order valence-corrected chi connectivity index (χ0v) is 11.6. The summed E-state index contributed by atoms with van der Waals surface area (Å²) >= 11 is 0. The third kappa shape index (κ3) is 4.37. The smallest absolute Gasteiger partial charge is 0.269 e. The lowest BCUT2D eigenvalue weighted by Gasteiger charge is -2.07. The van der Waals surface area contributed by atoms with E-state index in [1.54, 1.807) is 18.2 Å². The molecule has 0 atom stereocenters. The van der Waals surface area contributed by atoms with E-state index in [1.165, 1.54) is 18.2 Å². The Morgan fingerprint density at radius 2 is 1.59 bits per heavy atom. The van der Waals surface area contributed by atoms with Gasteiger partial charge in [0.1, 0.15) is 11.6 Å². The van der Waals surface area contributed by atoms with Crippen molar-refractivity contribution < 1.29 is 18.4 Å². The van der Waals surface area contributed by atoms with Crippen LogP contribution in [0.15, 0.2) is 48.5 Å². The van der Waals surface area contributed by atoms with Crippen molar-refractivity contribution >= 4 is 11.8 Å². The first-order valence-electron chi connectivity index (χ1n) is 6.64. The summed E-state index contributed by atoms with van der Waals surface area (Å²) in [6.45, 7) is 0. The fourth-order valence-electron chi connectivity index (χ4n) is 1.81. The van der Waals surface area contributed by atoms with E-state index in [4.69, 9.17) is 0 Å². The second kappa shape index (κ2) is 7.31. The predicted octanol–water partition coefficient (Wildman–Crippen LogP) is 2.36. The molecule has 0 fully saturated rings. The molecule has 0 bridgehead atoms. The highest BCUT2D eigenvalue weighted by Gasteiger charge is 2.08. The van der Waals surface area contributed by atoms with Crippen LogP contribution in [0.2, 0.25) is 0 Å². The Kier molecular flexibility index (Phi) is 5.19. The van der Waals surface area contributed by atoms with Crippen LogP contribution >= 0.6 is 0 Å². The van der Waals surface area contributed by atoms with Gasteiger partial charge in [-0.25, -0.2) is 8.78 Å². The molecule has 0 aliphatic carbocycles. The maximum absolute atomic E-state index is 13.4. The largest absolute Gasteiger partial charge is 0.273 e. The van der Waals surface area contributed by atoms with Gasteiger partial charge in [-0.1, -0.05) is 18.2 Å². The van der Waals surface area contributed by atoms with E-state index in [1.807, 2.05) is 0 Å². The number of carbonyl (C=O) groups excluding carboxylic acids is 2. The molecule has 0 aromatic heterocycles. The fourth-order valence-corrected chi connectivity index (χ4v) is 1.81. The van der Waals surface area contributed by atoms with E-state index in [2.05, 4.69) is 10.9 Å². The van der Waals surface area contributed by atoms with Crippen LogP contribution in [0.1, 0.15) is 22.3 Å². The summed E-state index contributed by atoms with van der Waals surface area (Å²) in [4.78, 5) is 23.3. The summed E-state index contributed by atoms with van der Waals surface area (Å²) < 4.78 is 26.1. The molecule has 0 aliphatic rings. The van der Waals surface area contributed by atoms with Gasteiger partial charge in [0.15, 0.2) is 0 Å². The van der Waals surface area contributed by atoms with Gasteiger partial charge in [-0.05, 0) is 42.3 Å². The Hall–Kier alpha value is -2.76. The second-order valence-electron chi connectivity index (χ2n) is 4.60. The molecule has 0 radical (unpaired) electrons. The van der Waals surface area contributed by atoms with Crippen molar-refractivity contribution in [1.82, 2.24) is 10.9 Å². The first-order chi connectivity index (χ1) is 10.6. The monoisotopic (exact) mass is 304 g/mol. The molecule has 6 heteroatoms. The van der Waals surface area contributed by atoms with Crippen LogP contribution in [0.25, 0.3) is 0 Å². The Morgan fingerprint density at radius 1 is 0.909 bits per heavy atom. The maximum atomic E-state index is 13.4. The third-order valence-electron chi connectivity index (χ3n) is 3.00. The van der Waals surface area contributed by atoms with Crippen LogP contribution < -0.4 is 10.9 Å². The number of hydrazine groups is 1. The summed E-state index contributed by atoms with van der Waals surface area (Å²) in [7, 11) is 0. The maximum Gasteiger partial charge on any atom is 0.269 e. The van der Waals surface area contributed by atoms with Crippen LogP contribution in [0, 0.1) is 11.6 Å². The van der Waals surface area contributed by atoms with Gasteiger partial charge in [0, 0.05) is 12.0 Å². The highest BCUT2D eigenvalue weighted by atomic mass is 19.1. The lowest BCUT2D eigenvalue weighted by molar-refractivity contribution is -0.121. The van der Waals surface area contributed by atoms with Crippen LogP contribution in [-0.2, 0) is 11.2 Å². The average molecular weight is 304 g/mol. The highest BCUT2D eigenvalue weighted by molar-refractivity contribution is 5.95. The number of halogens is 2. The van der Waals surface area contributed by atoms with Gasteiger partial charge in [0.2, 0.25) is 5.91 Å². The van der Waals surface area contributed by atoms with Gasteiger partial charge >= 0.3 is 0 Å². The molecule has 2 aromatic carbocycles. The summed E-state index contributed by atoms with van der Waals surface area (Å²) in [5, 5.41) is 0. The molecule has 0 aliphatic heterocycles. The summed E-state index contributed by atoms with van der Waals surface area (Å²) in [5.74, 6) is -1.82. The molecule has 0 saturated carbocycles. The van der Waals surface area contributed by atoms with Crippen molar-refractivity contribution in [3.63, 3.8) is 0 Å². The molecule has 2 N–H and O–H groups in total. The Morgan fingerprint density at radius 3 is 2.27 bits per heavy atom.